The number of rotatable bonds is 4. The summed E-state index contributed by atoms with van der Waals surface area (Å²) in [5, 5.41) is 10.4. The third-order valence-electron chi connectivity index (χ3n) is 2.26. The van der Waals surface area contributed by atoms with Gasteiger partial charge in [0.2, 0.25) is 0 Å². The Bertz CT molecular complexity index is 607. The first-order valence-corrected chi connectivity index (χ1v) is 7.23. The van der Waals surface area contributed by atoms with E-state index in [9.17, 15) is 0 Å². The minimum Gasteiger partial charge on any atom is -0.410 e. The number of thioether (sulfide) groups is 1. The van der Waals surface area contributed by atoms with E-state index in [4.69, 9.17) is 4.42 Å². The largest absolute Gasteiger partial charge is 0.410 e. The highest BCUT2D eigenvalue weighted by Crippen LogP contribution is 2.25. The minimum atomic E-state index is 0.479. The molecule has 3 aromatic rings. The highest BCUT2D eigenvalue weighted by molar-refractivity contribution is 7.98. The van der Waals surface area contributed by atoms with Gasteiger partial charge >= 0.3 is 0 Å². The SMILES string of the molecule is c1ccc(CSc2nnc(-c3cscn3)o2)cc1. The second kappa shape index (κ2) is 5.32. The Kier molecular flexibility index (Phi) is 3.38. The van der Waals surface area contributed by atoms with E-state index in [-0.39, 0.29) is 0 Å². The van der Waals surface area contributed by atoms with Crippen LogP contribution in [0, 0.1) is 0 Å². The van der Waals surface area contributed by atoms with Crippen LogP contribution in [0.25, 0.3) is 11.6 Å². The zero-order chi connectivity index (χ0) is 12.2. The van der Waals surface area contributed by atoms with Crippen LogP contribution in [0.4, 0.5) is 0 Å². The smallest absolute Gasteiger partial charge is 0.277 e. The standard InChI is InChI=1S/C12H9N3OS2/c1-2-4-9(5-3-1)6-18-12-15-14-11(16-12)10-7-17-8-13-10/h1-5,7-8H,6H2. The third-order valence-corrected chi connectivity index (χ3v) is 3.74. The van der Waals surface area contributed by atoms with Crippen molar-refractivity contribution in [1.82, 2.24) is 15.2 Å². The molecule has 0 spiro atoms. The molecule has 0 N–H and O–H groups in total. The molecule has 2 heterocycles. The van der Waals surface area contributed by atoms with Crippen molar-refractivity contribution >= 4 is 23.1 Å². The molecule has 18 heavy (non-hydrogen) atoms. The zero-order valence-corrected chi connectivity index (χ0v) is 10.9. The van der Waals surface area contributed by atoms with Crippen molar-refractivity contribution < 1.29 is 4.42 Å². The molecule has 0 saturated carbocycles. The van der Waals surface area contributed by atoms with Gasteiger partial charge in [-0.1, -0.05) is 42.1 Å². The molecule has 90 valence electrons. The van der Waals surface area contributed by atoms with Crippen molar-refractivity contribution in [2.45, 2.75) is 11.0 Å². The lowest BCUT2D eigenvalue weighted by atomic mass is 10.2. The van der Waals surface area contributed by atoms with Crippen LogP contribution in [0.5, 0.6) is 0 Å². The molecule has 3 rings (SSSR count). The molecule has 0 radical (unpaired) electrons. The summed E-state index contributed by atoms with van der Waals surface area (Å²) in [6, 6.07) is 10.2. The molecule has 1 aromatic carbocycles. The monoisotopic (exact) mass is 275 g/mol. The lowest BCUT2D eigenvalue weighted by Crippen LogP contribution is -1.79. The molecule has 0 aliphatic carbocycles. The van der Waals surface area contributed by atoms with Gasteiger partial charge in [-0.15, -0.1) is 21.5 Å². The number of thiazole rings is 1. The van der Waals surface area contributed by atoms with Gasteiger partial charge in [0.15, 0.2) is 0 Å². The van der Waals surface area contributed by atoms with Gasteiger partial charge in [-0.3, -0.25) is 0 Å². The molecule has 6 heteroatoms. The summed E-state index contributed by atoms with van der Waals surface area (Å²) in [4.78, 5) is 4.13. The molecular weight excluding hydrogens is 266 g/mol. The van der Waals surface area contributed by atoms with Crippen LogP contribution in [-0.4, -0.2) is 15.2 Å². The van der Waals surface area contributed by atoms with E-state index >= 15 is 0 Å². The summed E-state index contributed by atoms with van der Waals surface area (Å²) in [6.45, 7) is 0. The molecule has 0 bridgehead atoms. The van der Waals surface area contributed by atoms with Crippen molar-refractivity contribution in [3.05, 3.63) is 46.8 Å². The fourth-order valence-electron chi connectivity index (χ4n) is 1.41. The maximum absolute atomic E-state index is 5.53. The van der Waals surface area contributed by atoms with Crippen LogP contribution in [0.3, 0.4) is 0 Å². The minimum absolute atomic E-state index is 0.479. The Morgan fingerprint density at radius 2 is 2.06 bits per heavy atom. The number of benzene rings is 1. The fourth-order valence-corrected chi connectivity index (χ4v) is 2.65. The Labute approximate surface area is 112 Å². The van der Waals surface area contributed by atoms with Crippen molar-refractivity contribution in [2.75, 3.05) is 0 Å². The van der Waals surface area contributed by atoms with Gasteiger partial charge in [-0.05, 0) is 5.56 Å². The van der Waals surface area contributed by atoms with E-state index in [1.165, 1.54) is 28.7 Å². The molecule has 4 nitrogen and oxygen atoms in total. The fraction of sp³-hybridized carbons (Fsp3) is 0.0833. The van der Waals surface area contributed by atoms with E-state index in [2.05, 4.69) is 27.3 Å². The molecule has 0 saturated heterocycles. The molecule has 2 aromatic heterocycles. The van der Waals surface area contributed by atoms with Crippen LogP contribution in [0.1, 0.15) is 5.56 Å². The van der Waals surface area contributed by atoms with Gasteiger partial charge in [-0.2, -0.15) is 0 Å². The molecular formula is C12H9N3OS2. The summed E-state index contributed by atoms with van der Waals surface area (Å²) in [7, 11) is 0. The van der Waals surface area contributed by atoms with Crippen LogP contribution in [0.2, 0.25) is 0 Å². The number of nitrogens with zero attached hydrogens (tertiary/aromatic N) is 3. The molecule has 0 amide bonds. The van der Waals surface area contributed by atoms with Crippen molar-refractivity contribution in [3.63, 3.8) is 0 Å². The van der Waals surface area contributed by atoms with Gasteiger partial charge in [0.1, 0.15) is 5.69 Å². The second-order valence-electron chi connectivity index (χ2n) is 3.52. The van der Waals surface area contributed by atoms with Crippen LogP contribution in [0.15, 0.2) is 50.9 Å². The van der Waals surface area contributed by atoms with Crippen molar-refractivity contribution in [2.24, 2.45) is 0 Å². The van der Waals surface area contributed by atoms with Gasteiger partial charge < -0.3 is 4.42 Å². The van der Waals surface area contributed by atoms with Crippen molar-refractivity contribution in [3.8, 4) is 11.6 Å². The summed E-state index contributed by atoms with van der Waals surface area (Å²) >= 11 is 3.04. The topological polar surface area (TPSA) is 51.8 Å². The maximum atomic E-state index is 5.53. The van der Waals surface area contributed by atoms with E-state index < -0.39 is 0 Å². The van der Waals surface area contributed by atoms with E-state index in [0.717, 1.165) is 11.4 Å². The van der Waals surface area contributed by atoms with E-state index in [1.54, 1.807) is 5.51 Å². The highest BCUT2D eigenvalue weighted by Gasteiger charge is 2.10. The maximum Gasteiger partial charge on any atom is 0.277 e. The Hall–Kier alpha value is -1.66. The van der Waals surface area contributed by atoms with Crippen LogP contribution < -0.4 is 0 Å². The zero-order valence-electron chi connectivity index (χ0n) is 9.31. The predicted octanol–water partition coefficient (Wildman–Crippen LogP) is 3.49. The molecule has 0 fully saturated rings. The average Bonchev–Trinajstić information content (AvgIpc) is 3.08. The molecule has 0 aliphatic heterocycles. The first-order chi connectivity index (χ1) is 8.92. The number of hydrogen-bond donors (Lipinski definition) is 0. The second-order valence-corrected chi connectivity index (χ2v) is 5.17. The van der Waals surface area contributed by atoms with Gasteiger partial charge in [-0.25, -0.2) is 4.98 Å². The Morgan fingerprint density at radius 1 is 1.17 bits per heavy atom. The lowest BCUT2D eigenvalue weighted by molar-refractivity contribution is 0.464. The normalized spacial score (nSPS) is 10.7. The summed E-state index contributed by atoms with van der Waals surface area (Å²) in [6.07, 6.45) is 0. The Balaban J connectivity index is 1.68. The first-order valence-electron chi connectivity index (χ1n) is 5.30. The average molecular weight is 275 g/mol. The Morgan fingerprint density at radius 3 is 2.83 bits per heavy atom. The van der Waals surface area contributed by atoms with E-state index in [1.807, 2.05) is 23.6 Å². The number of aromatic nitrogens is 3. The van der Waals surface area contributed by atoms with Crippen LogP contribution in [-0.2, 0) is 5.75 Å². The lowest BCUT2D eigenvalue weighted by Gasteiger charge is -1.96. The third kappa shape index (κ3) is 2.60. The van der Waals surface area contributed by atoms with Gasteiger partial charge in [0.05, 0.1) is 5.51 Å². The number of hydrogen-bond acceptors (Lipinski definition) is 6. The van der Waals surface area contributed by atoms with Gasteiger partial charge in [0, 0.05) is 11.1 Å². The van der Waals surface area contributed by atoms with E-state index in [0.29, 0.717) is 11.1 Å². The molecule has 0 atom stereocenters. The molecule has 0 aliphatic rings. The quantitative estimate of drug-likeness (QED) is 0.682. The first kappa shape index (κ1) is 11.4. The van der Waals surface area contributed by atoms with Gasteiger partial charge in [0.25, 0.3) is 11.1 Å². The summed E-state index contributed by atoms with van der Waals surface area (Å²) in [5.41, 5.74) is 3.71. The molecule has 0 unspecified atom stereocenters. The van der Waals surface area contributed by atoms with Crippen LogP contribution >= 0.6 is 23.1 Å². The summed E-state index contributed by atoms with van der Waals surface area (Å²) < 4.78 is 5.53. The summed E-state index contributed by atoms with van der Waals surface area (Å²) in [5.74, 6) is 1.30. The van der Waals surface area contributed by atoms with Crippen molar-refractivity contribution in [1.29, 1.82) is 0 Å². The predicted molar refractivity (Wildman–Crippen MR) is 71.4 cm³/mol. The highest BCUT2D eigenvalue weighted by atomic mass is 32.2.